The van der Waals surface area contributed by atoms with E-state index < -0.39 is 0 Å². The second-order valence-electron chi connectivity index (χ2n) is 4.69. The van der Waals surface area contributed by atoms with Gasteiger partial charge in [0.1, 0.15) is 11.6 Å². The van der Waals surface area contributed by atoms with Crippen LogP contribution in [-0.2, 0) is 6.54 Å². The Bertz CT molecular complexity index is 396. The molecule has 0 aliphatic rings. The molecule has 0 amide bonds. The van der Waals surface area contributed by atoms with Gasteiger partial charge in [0.25, 0.3) is 0 Å². The Morgan fingerprint density at radius 1 is 1.33 bits per heavy atom. The van der Waals surface area contributed by atoms with Gasteiger partial charge in [0.15, 0.2) is 0 Å². The van der Waals surface area contributed by atoms with Crippen molar-refractivity contribution in [1.82, 2.24) is 5.32 Å². The SMILES string of the molecule is CCC(C)NCc1c(OC(C)C)ccc(F)c1Br. The molecule has 4 heteroatoms. The van der Waals surface area contributed by atoms with Gasteiger partial charge in [-0.05, 0) is 55.3 Å². The van der Waals surface area contributed by atoms with Crippen molar-refractivity contribution in [2.24, 2.45) is 0 Å². The first-order valence-corrected chi connectivity index (χ1v) is 7.11. The van der Waals surface area contributed by atoms with Crippen molar-refractivity contribution >= 4 is 15.9 Å². The molecule has 1 rings (SSSR count). The van der Waals surface area contributed by atoms with E-state index in [1.54, 1.807) is 6.07 Å². The summed E-state index contributed by atoms with van der Waals surface area (Å²) in [5.74, 6) is 0.473. The highest BCUT2D eigenvalue weighted by atomic mass is 79.9. The molecule has 0 heterocycles. The van der Waals surface area contributed by atoms with E-state index in [9.17, 15) is 4.39 Å². The molecule has 0 bridgehead atoms. The Balaban J connectivity index is 2.93. The van der Waals surface area contributed by atoms with Crippen LogP contribution in [0.1, 0.15) is 39.7 Å². The molecule has 0 aromatic heterocycles. The number of benzene rings is 1. The van der Waals surface area contributed by atoms with Crippen LogP contribution in [0, 0.1) is 5.82 Å². The molecule has 18 heavy (non-hydrogen) atoms. The molecular weight excluding hydrogens is 297 g/mol. The summed E-state index contributed by atoms with van der Waals surface area (Å²) in [5, 5.41) is 3.35. The maximum absolute atomic E-state index is 13.6. The molecule has 1 N–H and O–H groups in total. The van der Waals surface area contributed by atoms with Crippen molar-refractivity contribution in [3.8, 4) is 5.75 Å². The van der Waals surface area contributed by atoms with Crippen LogP contribution in [0.3, 0.4) is 0 Å². The molecule has 1 atom stereocenters. The second-order valence-corrected chi connectivity index (χ2v) is 5.49. The van der Waals surface area contributed by atoms with Crippen LogP contribution in [0.15, 0.2) is 16.6 Å². The van der Waals surface area contributed by atoms with E-state index in [1.165, 1.54) is 6.07 Å². The number of ether oxygens (including phenoxy) is 1. The topological polar surface area (TPSA) is 21.3 Å². The Kier molecular flexibility index (Phi) is 6.09. The highest BCUT2D eigenvalue weighted by Crippen LogP contribution is 2.30. The van der Waals surface area contributed by atoms with Gasteiger partial charge in [-0.1, -0.05) is 6.92 Å². The third kappa shape index (κ3) is 4.25. The Morgan fingerprint density at radius 3 is 2.56 bits per heavy atom. The lowest BCUT2D eigenvalue weighted by Gasteiger charge is -2.18. The zero-order valence-electron chi connectivity index (χ0n) is 11.4. The molecule has 0 aliphatic carbocycles. The maximum Gasteiger partial charge on any atom is 0.137 e. The first-order valence-electron chi connectivity index (χ1n) is 6.32. The number of hydrogen-bond donors (Lipinski definition) is 1. The average Bonchev–Trinajstić information content (AvgIpc) is 2.32. The summed E-state index contributed by atoms with van der Waals surface area (Å²) in [6.07, 6.45) is 1.11. The third-order valence-electron chi connectivity index (χ3n) is 2.76. The molecule has 2 nitrogen and oxygen atoms in total. The van der Waals surface area contributed by atoms with Crippen molar-refractivity contribution in [2.45, 2.75) is 52.8 Å². The van der Waals surface area contributed by atoms with E-state index in [0.717, 1.165) is 17.7 Å². The molecule has 102 valence electrons. The molecule has 1 aromatic rings. The number of halogens is 2. The second kappa shape index (κ2) is 7.10. The Hall–Kier alpha value is -0.610. The van der Waals surface area contributed by atoms with Crippen molar-refractivity contribution in [3.05, 3.63) is 28.0 Å². The fourth-order valence-electron chi connectivity index (χ4n) is 1.52. The quantitative estimate of drug-likeness (QED) is 0.846. The molecule has 1 aromatic carbocycles. The van der Waals surface area contributed by atoms with Crippen molar-refractivity contribution < 1.29 is 9.13 Å². The standard InChI is InChI=1S/C14H21BrFNO/c1-5-10(4)17-8-11-13(18-9(2)3)7-6-12(16)14(11)15/h6-7,9-10,17H,5,8H2,1-4H3. The number of rotatable bonds is 6. The third-order valence-corrected chi connectivity index (χ3v) is 3.61. The lowest BCUT2D eigenvalue weighted by Crippen LogP contribution is -2.25. The summed E-state index contributed by atoms with van der Waals surface area (Å²) < 4.78 is 19.8. The van der Waals surface area contributed by atoms with E-state index in [1.807, 2.05) is 13.8 Å². The predicted molar refractivity (Wildman–Crippen MR) is 76.5 cm³/mol. The Labute approximate surface area is 117 Å². The van der Waals surface area contributed by atoms with Crippen LogP contribution < -0.4 is 10.1 Å². The summed E-state index contributed by atoms with van der Waals surface area (Å²) in [6.45, 7) is 8.74. The molecule has 1 unspecified atom stereocenters. The van der Waals surface area contributed by atoms with E-state index >= 15 is 0 Å². The highest BCUT2D eigenvalue weighted by molar-refractivity contribution is 9.10. The smallest absolute Gasteiger partial charge is 0.137 e. The lowest BCUT2D eigenvalue weighted by molar-refractivity contribution is 0.238. The minimum atomic E-state index is -0.257. The highest BCUT2D eigenvalue weighted by Gasteiger charge is 2.14. The largest absolute Gasteiger partial charge is 0.491 e. The van der Waals surface area contributed by atoms with Gasteiger partial charge in [0.05, 0.1) is 10.6 Å². The fraction of sp³-hybridized carbons (Fsp3) is 0.571. The molecule has 0 fully saturated rings. The minimum absolute atomic E-state index is 0.0738. The summed E-state index contributed by atoms with van der Waals surface area (Å²) in [7, 11) is 0. The first-order chi connectivity index (χ1) is 8.45. The maximum atomic E-state index is 13.6. The monoisotopic (exact) mass is 317 g/mol. The van der Waals surface area contributed by atoms with E-state index in [2.05, 4.69) is 35.1 Å². The van der Waals surface area contributed by atoms with Crippen LogP contribution >= 0.6 is 15.9 Å². The van der Waals surface area contributed by atoms with Gasteiger partial charge in [-0.2, -0.15) is 0 Å². The van der Waals surface area contributed by atoms with Gasteiger partial charge in [-0.25, -0.2) is 4.39 Å². The normalized spacial score (nSPS) is 12.8. The van der Waals surface area contributed by atoms with Gasteiger partial charge in [0, 0.05) is 18.2 Å². The van der Waals surface area contributed by atoms with Gasteiger partial charge in [0.2, 0.25) is 0 Å². The minimum Gasteiger partial charge on any atom is -0.491 e. The summed E-state index contributed by atoms with van der Waals surface area (Å²) in [5.41, 5.74) is 0.837. The zero-order valence-corrected chi connectivity index (χ0v) is 13.0. The van der Waals surface area contributed by atoms with Crippen LogP contribution in [0.4, 0.5) is 4.39 Å². The van der Waals surface area contributed by atoms with Gasteiger partial charge in [-0.3, -0.25) is 0 Å². The van der Waals surface area contributed by atoms with Crippen molar-refractivity contribution in [3.63, 3.8) is 0 Å². The van der Waals surface area contributed by atoms with E-state index in [0.29, 0.717) is 17.1 Å². The van der Waals surface area contributed by atoms with E-state index in [-0.39, 0.29) is 11.9 Å². The Morgan fingerprint density at radius 2 is 2.00 bits per heavy atom. The fourth-order valence-corrected chi connectivity index (χ4v) is 1.99. The van der Waals surface area contributed by atoms with Crippen LogP contribution in [-0.4, -0.2) is 12.1 Å². The van der Waals surface area contributed by atoms with Gasteiger partial charge in [-0.15, -0.1) is 0 Å². The lowest BCUT2D eigenvalue weighted by atomic mass is 10.1. The molecule has 0 saturated heterocycles. The number of hydrogen-bond acceptors (Lipinski definition) is 2. The van der Waals surface area contributed by atoms with Gasteiger partial charge < -0.3 is 10.1 Å². The molecular formula is C14H21BrFNO. The zero-order chi connectivity index (χ0) is 13.7. The predicted octanol–water partition coefficient (Wildman–Crippen LogP) is 4.26. The van der Waals surface area contributed by atoms with Crippen LogP contribution in [0.5, 0.6) is 5.75 Å². The van der Waals surface area contributed by atoms with Gasteiger partial charge >= 0.3 is 0 Å². The molecule has 0 radical (unpaired) electrons. The number of nitrogens with one attached hydrogen (secondary N) is 1. The molecule has 0 saturated carbocycles. The molecule has 0 aliphatic heterocycles. The summed E-state index contributed by atoms with van der Waals surface area (Å²) >= 11 is 3.30. The van der Waals surface area contributed by atoms with Crippen LogP contribution in [0.25, 0.3) is 0 Å². The van der Waals surface area contributed by atoms with E-state index in [4.69, 9.17) is 4.74 Å². The average molecular weight is 318 g/mol. The molecule has 0 spiro atoms. The first kappa shape index (κ1) is 15.4. The summed E-state index contributed by atoms with van der Waals surface area (Å²) in [4.78, 5) is 0. The van der Waals surface area contributed by atoms with Crippen molar-refractivity contribution in [1.29, 1.82) is 0 Å². The van der Waals surface area contributed by atoms with Crippen molar-refractivity contribution in [2.75, 3.05) is 0 Å². The summed E-state index contributed by atoms with van der Waals surface area (Å²) in [6, 6.07) is 3.51. The van der Waals surface area contributed by atoms with Crippen LogP contribution in [0.2, 0.25) is 0 Å².